The average Bonchev–Trinajstić information content (AvgIpc) is 2.26. The maximum absolute atomic E-state index is 5.69. The number of halogens is 1. The molecule has 0 radical (unpaired) electrons. The Hall–Kier alpha value is -0.510. The molecule has 0 spiro atoms. The number of aromatic nitrogens is 1. The van der Waals surface area contributed by atoms with Crippen molar-refractivity contribution in [2.75, 3.05) is 18.1 Å². The van der Waals surface area contributed by atoms with Gasteiger partial charge in [0.05, 0.1) is 0 Å². The standard InChI is InChI=1S/C11H15ClN2S/c1-2-6-15-7-5-13-8-10-3-4-11(12)14-9-10/h2-4,9,13H,1,5-8H2. The van der Waals surface area contributed by atoms with E-state index in [4.69, 9.17) is 11.6 Å². The molecule has 4 heteroatoms. The molecule has 0 atom stereocenters. The Kier molecular flexibility index (Phi) is 6.48. The van der Waals surface area contributed by atoms with Gasteiger partial charge >= 0.3 is 0 Å². The van der Waals surface area contributed by atoms with E-state index < -0.39 is 0 Å². The molecule has 0 saturated heterocycles. The molecule has 0 fully saturated rings. The van der Waals surface area contributed by atoms with Crippen LogP contribution in [0.4, 0.5) is 0 Å². The smallest absolute Gasteiger partial charge is 0.129 e. The maximum Gasteiger partial charge on any atom is 0.129 e. The Morgan fingerprint density at radius 1 is 1.53 bits per heavy atom. The average molecular weight is 243 g/mol. The predicted molar refractivity (Wildman–Crippen MR) is 68.5 cm³/mol. The lowest BCUT2D eigenvalue weighted by molar-refractivity contribution is 0.730. The second kappa shape index (κ2) is 7.74. The molecule has 0 aliphatic rings. The summed E-state index contributed by atoms with van der Waals surface area (Å²) >= 11 is 7.56. The number of hydrogen-bond donors (Lipinski definition) is 1. The Balaban J connectivity index is 2.09. The number of rotatable bonds is 7. The molecule has 0 unspecified atom stereocenters. The van der Waals surface area contributed by atoms with Crippen molar-refractivity contribution in [3.05, 3.63) is 41.7 Å². The Morgan fingerprint density at radius 2 is 2.40 bits per heavy atom. The van der Waals surface area contributed by atoms with Gasteiger partial charge in [0.1, 0.15) is 5.15 Å². The lowest BCUT2D eigenvalue weighted by atomic mass is 10.3. The van der Waals surface area contributed by atoms with Crippen LogP contribution in [0.3, 0.4) is 0 Å². The van der Waals surface area contributed by atoms with Crippen LogP contribution in [0.5, 0.6) is 0 Å². The van der Waals surface area contributed by atoms with E-state index in [-0.39, 0.29) is 0 Å². The third-order valence-corrected chi connectivity index (χ3v) is 2.96. The van der Waals surface area contributed by atoms with Crippen molar-refractivity contribution >= 4 is 23.4 Å². The summed E-state index contributed by atoms with van der Waals surface area (Å²) in [6.07, 6.45) is 3.72. The summed E-state index contributed by atoms with van der Waals surface area (Å²) < 4.78 is 0. The Bertz CT molecular complexity index is 287. The van der Waals surface area contributed by atoms with Crippen LogP contribution in [0.1, 0.15) is 5.56 Å². The van der Waals surface area contributed by atoms with E-state index in [2.05, 4.69) is 16.9 Å². The summed E-state index contributed by atoms with van der Waals surface area (Å²) in [5.74, 6) is 2.12. The van der Waals surface area contributed by atoms with Crippen LogP contribution in [0.2, 0.25) is 5.15 Å². The lowest BCUT2D eigenvalue weighted by Crippen LogP contribution is -2.16. The van der Waals surface area contributed by atoms with Gasteiger partial charge < -0.3 is 5.32 Å². The zero-order valence-electron chi connectivity index (χ0n) is 8.58. The highest BCUT2D eigenvalue weighted by molar-refractivity contribution is 7.99. The van der Waals surface area contributed by atoms with Crippen molar-refractivity contribution in [3.63, 3.8) is 0 Å². The molecule has 0 aromatic carbocycles. The molecule has 1 N–H and O–H groups in total. The van der Waals surface area contributed by atoms with Crippen LogP contribution in [0.15, 0.2) is 31.0 Å². The van der Waals surface area contributed by atoms with Crippen LogP contribution in [-0.2, 0) is 6.54 Å². The second-order valence-electron chi connectivity index (χ2n) is 3.03. The maximum atomic E-state index is 5.69. The van der Waals surface area contributed by atoms with Gasteiger partial charge in [0.15, 0.2) is 0 Å². The van der Waals surface area contributed by atoms with Crippen LogP contribution < -0.4 is 5.32 Å². The number of thioether (sulfide) groups is 1. The highest BCUT2D eigenvalue weighted by Gasteiger charge is 1.93. The monoisotopic (exact) mass is 242 g/mol. The minimum atomic E-state index is 0.542. The lowest BCUT2D eigenvalue weighted by Gasteiger charge is -2.03. The molecule has 0 aliphatic carbocycles. The SMILES string of the molecule is C=CCSCCNCc1ccc(Cl)nc1. The highest BCUT2D eigenvalue weighted by Crippen LogP contribution is 2.04. The van der Waals surface area contributed by atoms with Gasteiger partial charge in [0, 0.05) is 30.8 Å². The fourth-order valence-electron chi connectivity index (χ4n) is 1.05. The topological polar surface area (TPSA) is 24.9 Å². The minimum absolute atomic E-state index is 0.542. The molecule has 82 valence electrons. The molecule has 0 amide bonds. The minimum Gasteiger partial charge on any atom is -0.312 e. The molecule has 1 aromatic heterocycles. The van der Waals surface area contributed by atoms with Gasteiger partial charge in [-0.2, -0.15) is 11.8 Å². The van der Waals surface area contributed by atoms with E-state index in [9.17, 15) is 0 Å². The summed E-state index contributed by atoms with van der Waals surface area (Å²) in [6, 6.07) is 3.80. The molecular weight excluding hydrogens is 228 g/mol. The summed E-state index contributed by atoms with van der Waals surface area (Å²) in [5, 5.41) is 3.88. The second-order valence-corrected chi connectivity index (χ2v) is 4.57. The quantitative estimate of drug-likeness (QED) is 0.452. The van der Waals surface area contributed by atoms with Crippen LogP contribution in [-0.4, -0.2) is 23.0 Å². The van der Waals surface area contributed by atoms with Crippen LogP contribution in [0, 0.1) is 0 Å². The van der Waals surface area contributed by atoms with Gasteiger partial charge in [-0.15, -0.1) is 6.58 Å². The first-order valence-electron chi connectivity index (χ1n) is 4.82. The van der Waals surface area contributed by atoms with E-state index in [0.717, 1.165) is 30.2 Å². The fraction of sp³-hybridized carbons (Fsp3) is 0.364. The molecule has 1 aromatic rings. The van der Waals surface area contributed by atoms with Crippen molar-refractivity contribution in [1.29, 1.82) is 0 Å². The van der Waals surface area contributed by atoms with E-state index in [1.54, 1.807) is 6.20 Å². The van der Waals surface area contributed by atoms with Crippen LogP contribution >= 0.6 is 23.4 Å². The van der Waals surface area contributed by atoms with Gasteiger partial charge in [-0.1, -0.05) is 23.7 Å². The van der Waals surface area contributed by atoms with E-state index in [1.807, 2.05) is 30.0 Å². The summed E-state index contributed by atoms with van der Waals surface area (Å²) in [6.45, 7) is 5.52. The molecule has 1 heterocycles. The van der Waals surface area contributed by atoms with Gasteiger partial charge in [0.2, 0.25) is 0 Å². The molecule has 1 rings (SSSR count). The number of nitrogens with one attached hydrogen (secondary N) is 1. The summed E-state index contributed by atoms with van der Waals surface area (Å²) in [4.78, 5) is 4.01. The third-order valence-electron chi connectivity index (χ3n) is 1.78. The summed E-state index contributed by atoms with van der Waals surface area (Å²) in [7, 11) is 0. The first-order chi connectivity index (χ1) is 7.33. The van der Waals surface area contributed by atoms with E-state index >= 15 is 0 Å². The van der Waals surface area contributed by atoms with Gasteiger partial charge in [-0.05, 0) is 11.6 Å². The third kappa shape index (κ3) is 5.82. The van der Waals surface area contributed by atoms with Crippen molar-refractivity contribution in [1.82, 2.24) is 10.3 Å². The highest BCUT2D eigenvalue weighted by atomic mass is 35.5. The van der Waals surface area contributed by atoms with Gasteiger partial charge in [-0.25, -0.2) is 4.98 Å². The first-order valence-corrected chi connectivity index (χ1v) is 6.36. The normalized spacial score (nSPS) is 10.2. The summed E-state index contributed by atoms with van der Waals surface area (Å²) in [5.41, 5.74) is 1.16. The Morgan fingerprint density at radius 3 is 3.07 bits per heavy atom. The zero-order chi connectivity index (χ0) is 10.9. The van der Waals surface area contributed by atoms with Crippen molar-refractivity contribution < 1.29 is 0 Å². The largest absolute Gasteiger partial charge is 0.312 e. The number of pyridine rings is 1. The van der Waals surface area contributed by atoms with E-state index in [0.29, 0.717) is 5.15 Å². The van der Waals surface area contributed by atoms with Gasteiger partial charge in [0.25, 0.3) is 0 Å². The van der Waals surface area contributed by atoms with Gasteiger partial charge in [-0.3, -0.25) is 0 Å². The fourth-order valence-corrected chi connectivity index (χ4v) is 1.79. The molecular formula is C11H15ClN2S. The zero-order valence-corrected chi connectivity index (χ0v) is 10.2. The van der Waals surface area contributed by atoms with Crippen molar-refractivity contribution in [2.45, 2.75) is 6.54 Å². The first kappa shape index (κ1) is 12.6. The Labute approximate surface area is 100 Å². The van der Waals surface area contributed by atoms with Crippen molar-refractivity contribution in [3.8, 4) is 0 Å². The molecule has 0 aliphatic heterocycles. The molecule has 2 nitrogen and oxygen atoms in total. The van der Waals surface area contributed by atoms with Crippen LogP contribution in [0.25, 0.3) is 0 Å². The molecule has 0 saturated carbocycles. The van der Waals surface area contributed by atoms with Crippen molar-refractivity contribution in [2.24, 2.45) is 0 Å². The number of hydrogen-bond acceptors (Lipinski definition) is 3. The number of nitrogens with zero attached hydrogens (tertiary/aromatic N) is 1. The van der Waals surface area contributed by atoms with E-state index in [1.165, 1.54) is 0 Å². The molecule has 0 bridgehead atoms. The molecule has 15 heavy (non-hydrogen) atoms. The predicted octanol–water partition coefficient (Wildman–Crippen LogP) is 2.74.